The number of carbonyl (C=O) groups is 1. The Morgan fingerprint density at radius 2 is 2.15 bits per heavy atom. The molecule has 0 bridgehead atoms. The first kappa shape index (κ1) is 23.0. The molecule has 33 heavy (non-hydrogen) atoms. The number of amides is 1. The van der Waals surface area contributed by atoms with Crippen molar-refractivity contribution in [1.82, 2.24) is 19.9 Å². The molecule has 170 valence electrons. The smallest absolute Gasteiger partial charge is 0.253 e. The van der Waals surface area contributed by atoms with Crippen molar-refractivity contribution < 1.29 is 14.3 Å². The number of aromatic nitrogens is 3. The van der Waals surface area contributed by atoms with Gasteiger partial charge in [0.15, 0.2) is 0 Å². The summed E-state index contributed by atoms with van der Waals surface area (Å²) in [6.45, 7) is -0.274. The number of nitrogens with one attached hydrogen (secondary N) is 2. The van der Waals surface area contributed by atoms with Gasteiger partial charge in [0.05, 0.1) is 23.6 Å². The van der Waals surface area contributed by atoms with E-state index < -0.39 is 11.4 Å². The number of alkyl halides is 1. The summed E-state index contributed by atoms with van der Waals surface area (Å²) >= 11 is 12.2. The molecule has 2 aromatic heterocycles. The van der Waals surface area contributed by atoms with E-state index in [1.54, 1.807) is 65.6 Å². The fraction of sp³-hybridized carbons (Fsp3) is 0.174. The van der Waals surface area contributed by atoms with Crippen LogP contribution in [0.15, 0.2) is 78.7 Å². The normalized spacial score (nSPS) is 16.5. The summed E-state index contributed by atoms with van der Waals surface area (Å²) in [7, 11) is 0. The Kier molecular flexibility index (Phi) is 7.08. The van der Waals surface area contributed by atoms with Crippen LogP contribution in [0.25, 0.3) is 5.82 Å². The minimum Gasteiger partial charge on any atom is -0.394 e. The number of aliphatic hydroxyl groups excluding tert-OH is 1. The first-order valence-corrected chi connectivity index (χ1v) is 10.9. The number of carbonyl (C=O) groups excluding carboxylic acids is 1. The minimum atomic E-state index is -0.597. The van der Waals surface area contributed by atoms with Gasteiger partial charge in [-0.3, -0.25) is 4.79 Å². The van der Waals surface area contributed by atoms with E-state index in [1.165, 1.54) is 6.08 Å². The number of aliphatic hydroxyl groups is 1. The fourth-order valence-corrected chi connectivity index (χ4v) is 3.78. The van der Waals surface area contributed by atoms with Gasteiger partial charge in [-0.2, -0.15) is 4.98 Å². The second kappa shape index (κ2) is 10.2. The van der Waals surface area contributed by atoms with E-state index in [0.29, 0.717) is 33.6 Å². The van der Waals surface area contributed by atoms with Crippen LogP contribution in [0.1, 0.15) is 28.4 Å². The minimum absolute atomic E-state index is 0.0974. The van der Waals surface area contributed by atoms with Gasteiger partial charge in [-0.15, -0.1) is 11.6 Å². The largest absolute Gasteiger partial charge is 0.394 e. The topological polar surface area (TPSA) is 92.1 Å². The van der Waals surface area contributed by atoms with Crippen molar-refractivity contribution in [3.8, 4) is 5.82 Å². The maximum atomic E-state index is 13.3. The highest BCUT2D eigenvalue weighted by atomic mass is 35.5. The van der Waals surface area contributed by atoms with Crippen molar-refractivity contribution in [2.75, 3.05) is 11.9 Å². The Labute approximate surface area is 199 Å². The Balaban J connectivity index is 1.48. The summed E-state index contributed by atoms with van der Waals surface area (Å²) in [5.41, 5.74) is 1.69. The van der Waals surface area contributed by atoms with E-state index in [0.717, 1.165) is 0 Å². The summed E-state index contributed by atoms with van der Waals surface area (Å²) < 4.78 is 15.0. The van der Waals surface area contributed by atoms with E-state index in [4.69, 9.17) is 23.2 Å². The lowest BCUT2D eigenvalue weighted by Gasteiger charge is -2.17. The zero-order valence-corrected chi connectivity index (χ0v) is 18.8. The van der Waals surface area contributed by atoms with Crippen molar-refractivity contribution in [2.45, 2.75) is 17.8 Å². The Morgan fingerprint density at radius 1 is 1.30 bits per heavy atom. The van der Waals surface area contributed by atoms with Crippen molar-refractivity contribution in [3.05, 3.63) is 94.8 Å². The second-order valence-corrected chi connectivity index (χ2v) is 8.30. The van der Waals surface area contributed by atoms with Gasteiger partial charge in [-0.25, -0.2) is 9.37 Å². The lowest BCUT2D eigenvalue weighted by molar-refractivity contribution is 0.0916. The maximum Gasteiger partial charge on any atom is 0.253 e. The molecule has 2 atom stereocenters. The third-order valence-corrected chi connectivity index (χ3v) is 5.64. The molecule has 2 unspecified atom stereocenters. The van der Waals surface area contributed by atoms with Crippen LogP contribution in [-0.4, -0.2) is 37.5 Å². The summed E-state index contributed by atoms with van der Waals surface area (Å²) in [6, 6.07) is 9.68. The van der Waals surface area contributed by atoms with Crippen LogP contribution in [0, 0.1) is 0 Å². The van der Waals surface area contributed by atoms with Crippen LogP contribution in [0.4, 0.5) is 10.3 Å². The molecule has 0 fully saturated rings. The molecule has 0 radical (unpaired) electrons. The van der Waals surface area contributed by atoms with Gasteiger partial charge in [0.2, 0.25) is 5.95 Å². The van der Waals surface area contributed by atoms with Crippen LogP contribution >= 0.6 is 23.2 Å². The number of allylic oxidation sites excluding steroid dienone is 4. The molecule has 3 N–H and O–H groups in total. The number of hydrogen-bond acceptors (Lipinski definition) is 5. The molecule has 10 heteroatoms. The molecule has 0 spiro atoms. The van der Waals surface area contributed by atoms with Crippen LogP contribution in [0.5, 0.6) is 0 Å². The average molecular weight is 488 g/mol. The molecular weight excluding hydrogens is 468 g/mol. The highest BCUT2D eigenvalue weighted by molar-refractivity contribution is 6.30. The summed E-state index contributed by atoms with van der Waals surface area (Å²) in [6.07, 6.45) is 7.88. The number of nitrogens with zero attached hydrogens (tertiary/aromatic N) is 3. The SMILES string of the molecule is O=C(NC(CO)c1cccc(Cl)c1)c1ccn(-c2ccnc(NC3=CC=C(F)CC3Cl)n2)c1. The summed E-state index contributed by atoms with van der Waals surface area (Å²) in [4.78, 5) is 21.4. The zero-order chi connectivity index (χ0) is 23.4. The molecule has 0 saturated heterocycles. The van der Waals surface area contributed by atoms with Crippen LogP contribution in [-0.2, 0) is 0 Å². The van der Waals surface area contributed by atoms with Gasteiger partial charge >= 0.3 is 0 Å². The standard InChI is InChI=1S/C23H20Cl2FN5O2/c24-16-3-1-2-14(10-16)20(13-32)28-22(33)15-7-9-31(12-15)21-6-8-27-23(30-21)29-19-5-4-17(26)11-18(19)25/h1-10,12,18,20,32H,11,13H2,(H,28,33)(H,27,29,30). The van der Waals surface area contributed by atoms with Gasteiger partial charge < -0.3 is 20.3 Å². The summed E-state index contributed by atoms with van der Waals surface area (Å²) in [5.74, 6) is 0.170. The van der Waals surface area contributed by atoms with E-state index in [1.807, 2.05) is 0 Å². The molecule has 3 aromatic rings. The molecule has 4 rings (SSSR count). The highest BCUT2D eigenvalue weighted by Crippen LogP contribution is 2.25. The molecule has 1 aliphatic rings. The van der Waals surface area contributed by atoms with Crippen molar-refractivity contribution in [2.24, 2.45) is 0 Å². The lowest BCUT2D eigenvalue weighted by atomic mass is 10.1. The van der Waals surface area contributed by atoms with E-state index in [9.17, 15) is 14.3 Å². The molecule has 1 amide bonds. The van der Waals surface area contributed by atoms with Crippen molar-refractivity contribution in [1.29, 1.82) is 0 Å². The predicted molar refractivity (Wildman–Crippen MR) is 125 cm³/mol. The average Bonchev–Trinajstić information content (AvgIpc) is 3.30. The van der Waals surface area contributed by atoms with Crippen LogP contribution in [0.3, 0.4) is 0 Å². The lowest BCUT2D eigenvalue weighted by Crippen LogP contribution is -2.30. The van der Waals surface area contributed by atoms with E-state index in [2.05, 4.69) is 20.6 Å². The monoisotopic (exact) mass is 487 g/mol. The number of rotatable bonds is 7. The van der Waals surface area contributed by atoms with Crippen molar-refractivity contribution >= 4 is 35.1 Å². The quantitative estimate of drug-likeness (QED) is 0.425. The van der Waals surface area contributed by atoms with Gasteiger partial charge in [0.1, 0.15) is 11.6 Å². The predicted octanol–water partition coefficient (Wildman–Crippen LogP) is 4.54. The molecule has 7 nitrogen and oxygen atoms in total. The molecule has 0 saturated carbocycles. The number of hydrogen-bond donors (Lipinski definition) is 3. The molecule has 1 aliphatic carbocycles. The number of halogens is 3. The Bertz CT molecular complexity index is 1230. The third-order valence-electron chi connectivity index (χ3n) is 5.01. The van der Waals surface area contributed by atoms with Gasteiger partial charge in [-0.05, 0) is 42.0 Å². The molecule has 0 aliphatic heterocycles. The maximum absolute atomic E-state index is 13.3. The first-order valence-electron chi connectivity index (χ1n) is 10.1. The first-order chi connectivity index (χ1) is 15.9. The van der Waals surface area contributed by atoms with Gasteiger partial charge in [0.25, 0.3) is 5.91 Å². The number of anilines is 1. The Hall–Kier alpha value is -3.20. The molecular formula is C23H20Cl2FN5O2. The van der Waals surface area contributed by atoms with E-state index in [-0.39, 0.29) is 24.8 Å². The van der Waals surface area contributed by atoms with Crippen LogP contribution < -0.4 is 10.6 Å². The summed E-state index contributed by atoms with van der Waals surface area (Å²) in [5, 5.41) is 15.5. The molecule has 1 aromatic carbocycles. The Morgan fingerprint density at radius 3 is 2.91 bits per heavy atom. The third kappa shape index (κ3) is 5.60. The van der Waals surface area contributed by atoms with Crippen molar-refractivity contribution in [3.63, 3.8) is 0 Å². The van der Waals surface area contributed by atoms with Gasteiger partial charge in [-0.1, -0.05) is 23.7 Å². The van der Waals surface area contributed by atoms with Crippen LogP contribution in [0.2, 0.25) is 5.02 Å². The molecule has 2 heterocycles. The highest BCUT2D eigenvalue weighted by Gasteiger charge is 2.19. The zero-order valence-electron chi connectivity index (χ0n) is 17.3. The van der Waals surface area contributed by atoms with E-state index >= 15 is 0 Å². The number of benzene rings is 1. The fourth-order valence-electron chi connectivity index (χ4n) is 3.31. The van der Waals surface area contributed by atoms with Gasteiger partial charge in [0, 0.05) is 35.7 Å². The second-order valence-electron chi connectivity index (χ2n) is 7.34.